The van der Waals surface area contributed by atoms with Crippen molar-refractivity contribution in [1.82, 2.24) is 0 Å². The molecule has 0 aromatic heterocycles. The molecule has 0 fully saturated rings. The van der Waals surface area contributed by atoms with Crippen molar-refractivity contribution in [3.05, 3.63) is 0 Å². The van der Waals surface area contributed by atoms with Crippen LogP contribution in [0.5, 0.6) is 0 Å². The number of esters is 2. The van der Waals surface area contributed by atoms with Gasteiger partial charge < -0.3 is 19.7 Å². The Morgan fingerprint density at radius 2 is 0.765 bits per heavy atom. The van der Waals surface area contributed by atoms with Crippen LogP contribution in [0, 0.1) is 10.8 Å². The van der Waals surface area contributed by atoms with Crippen LogP contribution in [0.25, 0.3) is 0 Å². The number of rotatable bonds is 11. The Kier molecular flexibility index (Phi) is 14.9. The van der Waals surface area contributed by atoms with E-state index in [1.165, 1.54) is 13.8 Å². The van der Waals surface area contributed by atoms with Crippen LogP contribution in [0.4, 0.5) is 92.2 Å². The standard InChI is InChI=1S/C12H13F11O3.C12H14F10O3/c1-4-7(2,3)6(24)26-5(9(15,16)17)8(13,14)10(25,11(18,19)20)12(21,22)23;1-4-8(2,3)7(23)25-5(11(17,18)19)10(15,16)9(24,6(13)14)12(20,21)22/h5,25H,4H2,1-3H3;5-6,24H,4H2,1-3H3. The average Bonchev–Trinajstić information content (AvgIpc) is 2.89. The van der Waals surface area contributed by atoms with Crippen LogP contribution in [-0.4, -0.2) is 94.7 Å². The predicted molar refractivity (Wildman–Crippen MR) is 124 cm³/mol. The fourth-order valence-corrected chi connectivity index (χ4v) is 2.90. The highest BCUT2D eigenvalue weighted by Gasteiger charge is 2.87. The second-order valence-electron chi connectivity index (χ2n) is 11.6. The van der Waals surface area contributed by atoms with E-state index in [1.807, 2.05) is 0 Å². The van der Waals surface area contributed by atoms with E-state index < -0.39 is 95.3 Å². The lowest BCUT2D eigenvalue weighted by atomic mass is 9.88. The van der Waals surface area contributed by atoms with Crippen LogP contribution in [0.2, 0.25) is 0 Å². The number of carbonyl (C=O) groups excluding carboxylic acids is 2. The molecule has 0 aromatic carbocycles. The molecule has 0 spiro atoms. The summed E-state index contributed by atoms with van der Waals surface area (Å²) in [5, 5.41) is 17.4. The number of halogens is 21. The summed E-state index contributed by atoms with van der Waals surface area (Å²) in [5.74, 6) is -17.8. The molecule has 6 nitrogen and oxygen atoms in total. The van der Waals surface area contributed by atoms with Crippen LogP contribution in [0.1, 0.15) is 54.4 Å². The Bertz CT molecular complexity index is 1170. The minimum absolute atomic E-state index is 0.264. The Morgan fingerprint density at radius 1 is 0.510 bits per heavy atom. The molecule has 0 saturated carbocycles. The molecule has 0 heterocycles. The lowest BCUT2D eigenvalue weighted by molar-refractivity contribution is -0.445. The minimum Gasteiger partial charge on any atom is -0.446 e. The lowest BCUT2D eigenvalue weighted by Gasteiger charge is -2.41. The first-order chi connectivity index (χ1) is 21.8. The van der Waals surface area contributed by atoms with E-state index >= 15 is 0 Å². The predicted octanol–water partition coefficient (Wildman–Crippen LogP) is 8.48. The first-order valence-corrected chi connectivity index (χ1v) is 13.1. The number of hydrogen-bond donors (Lipinski definition) is 2. The van der Waals surface area contributed by atoms with Crippen LogP contribution < -0.4 is 0 Å². The first-order valence-electron chi connectivity index (χ1n) is 13.1. The Balaban J connectivity index is 0. The number of hydrogen-bond acceptors (Lipinski definition) is 6. The molecule has 0 rings (SSSR count). The number of carbonyl (C=O) groups is 2. The van der Waals surface area contributed by atoms with Crippen molar-refractivity contribution in [1.29, 1.82) is 0 Å². The quantitative estimate of drug-likeness (QED) is 0.161. The summed E-state index contributed by atoms with van der Waals surface area (Å²) in [4.78, 5) is 23.1. The zero-order chi connectivity index (χ0) is 42.2. The van der Waals surface area contributed by atoms with Crippen LogP contribution >= 0.6 is 0 Å². The van der Waals surface area contributed by atoms with Crippen molar-refractivity contribution in [2.24, 2.45) is 10.8 Å². The molecule has 2 N–H and O–H groups in total. The molecule has 51 heavy (non-hydrogen) atoms. The van der Waals surface area contributed by atoms with Gasteiger partial charge in [0, 0.05) is 0 Å². The minimum atomic E-state index is -7.27. The summed E-state index contributed by atoms with van der Waals surface area (Å²) >= 11 is 0. The van der Waals surface area contributed by atoms with Gasteiger partial charge in [0.2, 0.25) is 0 Å². The summed E-state index contributed by atoms with van der Waals surface area (Å²) in [6, 6.07) is 0. The molecule has 306 valence electrons. The fraction of sp³-hybridized carbons (Fsp3) is 0.917. The smallest absolute Gasteiger partial charge is 0.432 e. The zero-order valence-corrected chi connectivity index (χ0v) is 26.1. The van der Waals surface area contributed by atoms with Crippen molar-refractivity contribution in [3.63, 3.8) is 0 Å². The molecule has 0 aromatic rings. The number of ether oxygens (including phenoxy) is 2. The average molecular weight is 810 g/mol. The van der Waals surface area contributed by atoms with Crippen LogP contribution in [0.3, 0.4) is 0 Å². The third kappa shape index (κ3) is 10.1. The van der Waals surface area contributed by atoms with Gasteiger partial charge in [0.05, 0.1) is 10.8 Å². The van der Waals surface area contributed by atoms with Gasteiger partial charge in [0.1, 0.15) is 0 Å². The van der Waals surface area contributed by atoms with Crippen LogP contribution in [-0.2, 0) is 19.1 Å². The van der Waals surface area contributed by atoms with Crippen LogP contribution in [0.15, 0.2) is 0 Å². The summed E-state index contributed by atoms with van der Waals surface area (Å²) in [7, 11) is 0. The molecular formula is C24H27F21O6. The van der Waals surface area contributed by atoms with Crippen molar-refractivity contribution in [2.75, 3.05) is 0 Å². The van der Waals surface area contributed by atoms with E-state index in [-0.39, 0.29) is 12.8 Å². The van der Waals surface area contributed by atoms with Crippen molar-refractivity contribution in [3.8, 4) is 0 Å². The van der Waals surface area contributed by atoms with Gasteiger partial charge in [-0.15, -0.1) is 0 Å². The second-order valence-corrected chi connectivity index (χ2v) is 11.6. The lowest BCUT2D eigenvalue weighted by Crippen LogP contribution is -2.73. The topological polar surface area (TPSA) is 93.1 Å². The number of alkyl halides is 21. The Hall–Kier alpha value is -2.61. The number of aliphatic hydroxyl groups is 2. The van der Waals surface area contributed by atoms with Gasteiger partial charge >= 0.3 is 60.3 Å². The molecule has 0 amide bonds. The summed E-state index contributed by atoms with van der Waals surface area (Å²) in [6.45, 7) is 5.99. The maximum Gasteiger partial charge on any atom is 0.432 e. The molecule has 0 aliphatic carbocycles. The molecule has 27 heteroatoms. The van der Waals surface area contributed by atoms with Gasteiger partial charge in [-0.3, -0.25) is 9.59 Å². The SMILES string of the molecule is CCC(C)(C)C(=O)OC(C(F)(F)F)C(F)(F)C(O)(C(F)(F)F)C(F)(F)F.CCC(C)(C)C(=O)OC(C(F)(F)F)C(F)(F)C(O)(C(F)F)C(F)(F)F. The van der Waals surface area contributed by atoms with Gasteiger partial charge in [-0.1, -0.05) is 13.8 Å². The van der Waals surface area contributed by atoms with Gasteiger partial charge in [-0.05, 0) is 40.5 Å². The highest BCUT2D eigenvalue weighted by molar-refractivity contribution is 5.76. The van der Waals surface area contributed by atoms with Gasteiger partial charge in [-0.25, -0.2) is 8.78 Å². The molecule has 0 bridgehead atoms. The largest absolute Gasteiger partial charge is 0.446 e. The first kappa shape index (κ1) is 50.5. The molecule has 0 aliphatic rings. The zero-order valence-electron chi connectivity index (χ0n) is 26.1. The van der Waals surface area contributed by atoms with E-state index in [4.69, 9.17) is 10.2 Å². The van der Waals surface area contributed by atoms with E-state index in [0.717, 1.165) is 27.7 Å². The van der Waals surface area contributed by atoms with E-state index in [9.17, 15) is 102 Å². The van der Waals surface area contributed by atoms with Gasteiger partial charge in [0.15, 0.2) is 0 Å². The maximum atomic E-state index is 13.8. The maximum absolute atomic E-state index is 13.8. The third-order valence-electron chi connectivity index (χ3n) is 7.13. The molecule has 0 saturated heterocycles. The Labute approximate surface area is 272 Å². The summed E-state index contributed by atoms with van der Waals surface area (Å²) in [6.07, 6.45) is -50.5. The highest BCUT2D eigenvalue weighted by Crippen LogP contribution is 2.56. The monoisotopic (exact) mass is 810 g/mol. The van der Waals surface area contributed by atoms with Crippen molar-refractivity contribution >= 4 is 11.9 Å². The van der Waals surface area contributed by atoms with Crippen molar-refractivity contribution < 1.29 is 121 Å². The summed E-state index contributed by atoms with van der Waals surface area (Å²) in [5.41, 5.74) is -17.3. The molecule has 3 unspecified atom stereocenters. The fourth-order valence-electron chi connectivity index (χ4n) is 2.90. The molecule has 3 atom stereocenters. The second kappa shape index (κ2) is 15.0. The molecular weight excluding hydrogens is 783 g/mol. The van der Waals surface area contributed by atoms with E-state index in [1.54, 1.807) is 0 Å². The third-order valence-corrected chi connectivity index (χ3v) is 7.13. The normalized spacial score (nSPS) is 17.2. The van der Waals surface area contributed by atoms with E-state index in [2.05, 4.69) is 9.47 Å². The van der Waals surface area contributed by atoms with E-state index in [0.29, 0.717) is 0 Å². The van der Waals surface area contributed by atoms with Gasteiger partial charge in [-0.2, -0.15) is 83.4 Å². The van der Waals surface area contributed by atoms with Gasteiger partial charge in [0.25, 0.3) is 24.2 Å². The molecule has 0 aliphatic heterocycles. The summed E-state index contributed by atoms with van der Waals surface area (Å²) < 4.78 is 276. The molecule has 0 radical (unpaired) electrons. The van der Waals surface area contributed by atoms with Crippen molar-refractivity contribution in [2.45, 2.75) is 127 Å². The highest BCUT2D eigenvalue weighted by atomic mass is 19.4. The Morgan fingerprint density at radius 3 is 0.941 bits per heavy atom.